The largest absolute Gasteiger partial charge is 0.370 e. The van der Waals surface area contributed by atoms with E-state index in [0.717, 1.165) is 12.8 Å². The van der Waals surface area contributed by atoms with E-state index < -0.39 is 0 Å². The highest BCUT2D eigenvalue weighted by Gasteiger charge is 2.03. The third kappa shape index (κ3) is 4.64. The number of aryl methyl sites for hydroxylation is 1. The van der Waals surface area contributed by atoms with Crippen molar-refractivity contribution in [3.63, 3.8) is 0 Å². The summed E-state index contributed by atoms with van der Waals surface area (Å²) in [6, 6.07) is 1.68. The van der Waals surface area contributed by atoms with Gasteiger partial charge in [0, 0.05) is 25.5 Å². The number of primary amides is 1. The van der Waals surface area contributed by atoms with Crippen molar-refractivity contribution in [3.05, 3.63) is 11.9 Å². The van der Waals surface area contributed by atoms with Gasteiger partial charge < -0.3 is 16.5 Å². The number of carbonyl (C=O) groups is 1. The first kappa shape index (κ1) is 13.2. The fourth-order valence-electron chi connectivity index (χ4n) is 1.31. The highest BCUT2D eigenvalue weighted by molar-refractivity contribution is 5.74. The van der Waals surface area contributed by atoms with Crippen molar-refractivity contribution in [2.45, 2.75) is 26.2 Å². The molecule has 94 valence electrons. The Morgan fingerprint density at radius 2 is 2.12 bits per heavy atom. The molecule has 0 radical (unpaired) electrons. The molecular weight excluding hydrogens is 220 g/mol. The number of rotatable bonds is 7. The average molecular weight is 238 g/mol. The number of hydrazine groups is 1. The van der Waals surface area contributed by atoms with Gasteiger partial charge in [-0.15, -0.1) is 0 Å². The molecular formula is C10H18N6O. The number of anilines is 2. The number of nitrogens with zero attached hydrogens (tertiary/aromatic N) is 2. The summed E-state index contributed by atoms with van der Waals surface area (Å²) in [6.45, 7) is 2.49. The van der Waals surface area contributed by atoms with Gasteiger partial charge in [0.05, 0.1) is 0 Å². The zero-order valence-corrected chi connectivity index (χ0v) is 9.86. The molecule has 0 aromatic carbocycles. The second kappa shape index (κ2) is 6.64. The van der Waals surface area contributed by atoms with Gasteiger partial charge in [-0.3, -0.25) is 4.79 Å². The van der Waals surface area contributed by atoms with Crippen molar-refractivity contribution in [2.75, 3.05) is 17.3 Å². The molecule has 0 fully saturated rings. The van der Waals surface area contributed by atoms with Gasteiger partial charge in [-0.1, -0.05) is 6.92 Å². The molecule has 1 amide bonds. The van der Waals surface area contributed by atoms with Gasteiger partial charge in [0.15, 0.2) is 0 Å². The number of nitrogens with one attached hydrogen (secondary N) is 2. The van der Waals surface area contributed by atoms with Crippen LogP contribution < -0.4 is 22.3 Å². The van der Waals surface area contributed by atoms with Crippen LogP contribution in [0.3, 0.4) is 0 Å². The van der Waals surface area contributed by atoms with Crippen LogP contribution in [0, 0.1) is 0 Å². The van der Waals surface area contributed by atoms with Gasteiger partial charge in [0.25, 0.3) is 0 Å². The second-order valence-electron chi connectivity index (χ2n) is 3.59. The first-order valence-corrected chi connectivity index (χ1v) is 5.52. The first-order valence-electron chi connectivity index (χ1n) is 5.52. The van der Waals surface area contributed by atoms with Crippen molar-refractivity contribution in [3.8, 4) is 0 Å². The van der Waals surface area contributed by atoms with Crippen LogP contribution in [0.5, 0.6) is 0 Å². The Morgan fingerprint density at radius 1 is 1.41 bits per heavy atom. The van der Waals surface area contributed by atoms with Gasteiger partial charge >= 0.3 is 0 Å². The van der Waals surface area contributed by atoms with Crippen LogP contribution >= 0.6 is 0 Å². The molecule has 7 heteroatoms. The molecule has 0 saturated carbocycles. The van der Waals surface area contributed by atoms with E-state index in [-0.39, 0.29) is 12.3 Å². The van der Waals surface area contributed by atoms with E-state index >= 15 is 0 Å². The number of hydrogen-bond acceptors (Lipinski definition) is 6. The lowest BCUT2D eigenvalue weighted by Crippen LogP contribution is -2.17. The molecule has 0 bridgehead atoms. The maximum atomic E-state index is 10.6. The molecule has 1 aromatic rings. The Kier molecular flexibility index (Phi) is 5.15. The van der Waals surface area contributed by atoms with E-state index in [4.69, 9.17) is 11.6 Å². The summed E-state index contributed by atoms with van der Waals surface area (Å²) in [4.78, 5) is 19.1. The summed E-state index contributed by atoms with van der Waals surface area (Å²) in [5, 5.41) is 3.00. The SMILES string of the molecule is CCCc1nc(NN)cc(NCCC(N)=O)n1. The maximum absolute atomic E-state index is 10.6. The van der Waals surface area contributed by atoms with Crippen LogP contribution in [0.15, 0.2) is 6.07 Å². The predicted molar refractivity (Wildman–Crippen MR) is 66.1 cm³/mol. The van der Waals surface area contributed by atoms with E-state index in [0.29, 0.717) is 24.0 Å². The van der Waals surface area contributed by atoms with Crippen LogP contribution in [0.2, 0.25) is 0 Å². The van der Waals surface area contributed by atoms with Crippen LogP contribution in [0.1, 0.15) is 25.6 Å². The molecule has 0 unspecified atom stereocenters. The molecule has 0 aliphatic heterocycles. The molecule has 0 atom stereocenters. The Bertz CT molecular complexity index is 381. The highest BCUT2D eigenvalue weighted by atomic mass is 16.1. The highest BCUT2D eigenvalue weighted by Crippen LogP contribution is 2.11. The smallest absolute Gasteiger partial charge is 0.219 e. The Morgan fingerprint density at radius 3 is 2.71 bits per heavy atom. The number of nitrogens with two attached hydrogens (primary N) is 2. The van der Waals surface area contributed by atoms with E-state index in [9.17, 15) is 4.79 Å². The number of carbonyl (C=O) groups excluding carboxylic acids is 1. The van der Waals surface area contributed by atoms with Crippen molar-refractivity contribution >= 4 is 17.5 Å². The van der Waals surface area contributed by atoms with Crippen molar-refractivity contribution in [1.29, 1.82) is 0 Å². The summed E-state index contributed by atoms with van der Waals surface area (Å²) < 4.78 is 0. The zero-order valence-electron chi connectivity index (χ0n) is 9.86. The predicted octanol–water partition coefficient (Wildman–Crippen LogP) is 0.00200. The second-order valence-corrected chi connectivity index (χ2v) is 3.59. The summed E-state index contributed by atoms with van der Waals surface area (Å²) in [5.74, 6) is 6.86. The quantitative estimate of drug-likeness (QED) is 0.392. The molecule has 17 heavy (non-hydrogen) atoms. The minimum absolute atomic E-state index is 0.262. The standard InChI is InChI=1S/C10H18N6O/c1-2-3-8-14-9(6-10(15-8)16-12)13-5-4-7(11)17/h6H,2-5,12H2,1H3,(H2,11,17)(H2,13,14,15,16). The van der Waals surface area contributed by atoms with Crippen molar-refractivity contribution in [1.82, 2.24) is 9.97 Å². The molecule has 7 nitrogen and oxygen atoms in total. The molecule has 0 saturated heterocycles. The van der Waals surface area contributed by atoms with E-state index in [1.807, 2.05) is 6.92 Å². The third-order valence-corrected chi connectivity index (χ3v) is 2.07. The zero-order chi connectivity index (χ0) is 12.7. The maximum Gasteiger partial charge on any atom is 0.219 e. The number of amides is 1. The third-order valence-electron chi connectivity index (χ3n) is 2.07. The van der Waals surface area contributed by atoms with Crippen molar-refractivity contribution in [2.24, 2.45) is 11.6 Å². The summed E-state index contributed by atoms with van der Waals surface area (Å²) in [7, 11) is 0. The summed E-state index contributed by atoms with van der Waals surface area (Å²) in [6.07, 6.45) is 1.99. The number of nitrogen functional groups attached to an aromatic ring is 1. The van der Waals surface area contributed by atoms with Crippen LogP contribution in [0.25, 0.3) is 0 Å². The average Bonchev–Trinajstić information content (AvgIpc) is 2.28. The van der Waals surface area contributed by atoms with Gasteiger partial charge in [-0.25, -0.2) is 15.8 Å². The van der Waals surface area contributed by atoms with Crippen LogP contribution in [-0.2, 0) is 11.2 Å². The van der Waals surface area contributed by atoms with Gasteiger partial charge in [-0.05, 0) is 6.42 Å². The summed E-state index contributed by atoms with van der Waals surface area (Å²) in [5.41, 5.74) is 7.53. The molecule has 0 spiro atoms. The Labute approximate surface area is 100.0 Å². The molecule has 1 heterocycles. The van der Waals surface area contributed by atoms with Crippen molar-refractivity contribution < 1.29 is 4.79 Å². The van der Waals surface area contributed by atoms with Crippen LogP contribution in [-0.4, -0.2) is 22.4 Å². The van der Waals surface area contributed by atoms with Gasteiger partial charge in [-0.2, -0.15) is 0 Å². The monoisotopic (exact) mass is 238 g/mol. The van der Waals surface area contributed by atoms with Gasteiger partial charge in [0.2, 0.25) is 5.91 Å². The topological polar surface area (TPSA) is 119 Å². The van der Waals surface area contributed by atoms with E-state index in [1.165, 1.54) is 0 Å². The molecule has 1 rings (SSSR count). The number of aromatic nitrogens is 2. The molecule has 1 aromatic heterocycles. The lowest BCUT2D eigenvalue weighted by molar-refractivity contribution is -0.117. The molecule has 0 aliphatic carbocycles. The normalized spacial score (nSPS) is 10.0. The lowest BCUT2D eigenvalue weighted by atomic mass is 10.3. The van der Waals surface area contributed by atoms with Gasteiger partial charge in [0.1, 0.15) is 17.5 Å². The fraction of sp³-hybridized carbons (Fsp3) is 0.500. The Hall–Kier alpha value is -1.89. The summed E-state index contributed by atoms with van der Waals surface area (Å²) >= 11 is 0. The lowest BCUT2D eigenvalue weighted by Gasteiger charge is -2.08. The van der Waals surface area contributed by atoms with Crippen LogP contribution in [0.4, 0.5) is 11.6 Å². The first-order chi connectivity index (χ1) is 8.15. The minimum atomic E-state index is -0.350. The molecule has 6 N–H and O–H groups in total. The minimum Gasteiger partial charge on any atom is -0.370 e. The number of hydrogen-bond donors (Lipinski definition) is 4. The van der Waals surface area contributed by atoms with E-state index in [2.05, 4.69) is 20.7 Å². The molecule has 0 aliphatic rings. The van der Waals surface area contributed by atoms with E-state index in [1.54, 1.807) is 6.07 Å². The Balaban J connectivity index is 2.69. The fourth-order valence-corrected chi connectivity index (χ4v) is 1.31.